The molecule has 0 aromatic carbocycles. The van der Waals surface area contributed by atoms with Crippen LogP contribution in [-0.2, 0) is 7.05 Å². The third kappa shape index (κ3) is 2.36. The molecule has 1 aromatic heterocycles. The molecule has 1 fully saturated rings. The van der Waals surface area contributed by atoms with E-state index < -0.39 is 0 Å². The van der Waals surface area contributed by atoms with Crippen molar-refractivity contribution in [1.82, 2.24) is 9.47 Å². The van der Waals surface area contributed by atoms with Crippen molar-refractivity contribution in [3.63, 3.8) is 0 Å². The van der Waals surface area contributed by atoms with Gasteiger partial charge in [0.25, 0.3) is 5.91 Å². The van der Waals surface area contributed by atoms with E-state index in [-0.39, 0.29) is 18.0 Å². The summed E-state index contributed by atoms with van der Waals surface area (Å²) in [6.45, 7) is 2.82. The number of rotatable bonds is 2. The number of aromatic nitrogens is 1. The Labute approximate surface area is 102 Å². The number of hydrogen-bond acceptors (Lipinski definition) is 2. The summed E-state index contributed by atoms with van der Waals surface area (Å²) in [4.78, 5) is 14.4. The van der Waals surface area contributed by atoms with E-state index in [1.807, 2.05) is 41.8 Å². The first-order chi connectivity index (χ1) is 8.11. The summed E-state index contributed by atoms with van der Waals surface area (Å²) in [5.74, 6) is 0.111. The molecule has 1 amide bonds. The molecule has 0 bridgehead atoms. The second-order valence-electron chi connectivity index (χ2n) is 4.93. The molecule has 0 radical (unpaired) electrons. The van der Waals surface area contributed by atoms with Gasteiger partial charge < -0.3 is 15.2 Å². The Morgan fingerprint density at radius 1 is 1.53 bits per heavy atom. The van der Waals surface area contributed by atoms with Crippen LogP contribution in [0.2, 0.25) is 0 Å². The molecule has 0 unspecified atom stereocenters. The first kappa shape index (κ1) is 12.2. The van der Waals surface area contributed by atoms with E-state index in [1.54, 1.807) is 0 Å². The van der Waals surface area contributed by atoms with Crippen molar-refractivity contribution in [2.45, 2.75) is 38.3 Å². The first-order valence-electron chi connectivity index (χ1n) is 6.29. The molecule has 0 aliphatic carbocycles. The maximum absolute atomic E-state index is 12.4. The van der Waals surface area contributed by atoms with E-state index >= 15 is 0 Å². The van der Waals surface area contributed by atoms with E-state index in [1.165, 1.54) is 6.42 Å². The van der Waals surface area contributed by atoms with Gasteiger partial charge in [0, 0.05) is 31.9 Å². The topological polar surface area (TPSA) is 51.3 Å². The van der Waals surface area contributed by atoms with Crippen LogP contribution in [0.5, 0.6) is 0 Å². The van der Waals surface area contributed by atoms with Crippen molar-refractivity contribution in [1.29, 1.82) is 0 Å². The highest BCUT2D eigenvalue weighted by Gasteiger charge is 2.30. The zero-order chi connectivity index (χ0) is 12.4. The zero-order valence-corrected chi connectivity index (χ0v) is 10.6. The minimum Gasteiger partial charge on any atom is -0.347 e. The van der Waals surface area contributed by atoms with Crippen LogP contribution in [0.1, 0.15) is 36.7 Å². The maximum atomic E-state index is 12.4. The highest BCUT2D eigenvalue weighted by molar-refractivity contribution is 5.93. The molecule has 1 aliphatic rings. The molecule has 4 heteroatoms. The molecule has 94 valence electrons. The lowest BCUT2D eigenvalue weighted by Crippen LogP contribution is -2.52. The molecule has 2 heterocycles. The summed E-state index contributed by atoms with van der Waals surface area (Å²) >= 11 is 0. The number of amides is 1. The van der Waals surface area contributed by atoms with Crippen LogP contribution in [0.4, 0.5) is 0 Å². The lowest BCUT2D eigenvalue weighted by molar-refractivity contribution is 0.0574. The van der Waals surface area contributed by atoms with Crippen molar-refractivity contribution in [3.05, 3.63) is 24.0 Å². The standard InChI is InChI=1S/C13H21N3O/c1-10(14)11-6-3-4-9-16(11)13(17)12-7-5-8-15(12)2/h5,7-8,10-11H,3-4,6,9,14H2,1-2H3/t10-,11-/m1/s1. The number of piperidine rings is 1. The van der Waals surface area contributed by atoms with Gasteiger partial charge in [-0.1, -0.05) is 0 Å². The molecule has 1 aliphatic heterocycles. The maximum Gasteiger partial charge on any atom is 0.270 e. The van der Waals surface area contributed by atoms with Crippen LogP contribution in [0, 0.1) is 0 Å². The third-order valence-corrected chi connectivity index (χ3v) is 3.58. The highest BCUT2D eigenvalue weighted by atomic mass is 16.2. The molecule has 17 heavy (non-hydrogen) atoms. The summed E-state index contributed by atoms with van der Waals surface area (Å²) in [6, 6.07) is 4.00. The summed E-state index contributed by atoms with van der Waals surface area (Å²) in [5, 5.41) is 0. The Morgan fingerprint density at radius 3 is 2.88 bits per heavy atom. The Bertz CT molecular complexity index is 397. The van der Waals surface area contributed by atoms with Gasteiger partial charge in [0.1, 0.15) is 5.69 Å². The number of hydrogen-bond donors (Lipinski definition) is 1. The van der Waals surface area contributed by atoms with Crippen molar-refractivity contribution in [3.8, 4) is 0 Å². The monoisotopic (exact) mass is 235 g/mol. The molecule has 0 spiro atoms. The summed E-state index contributed by atoms with van der Waals surface area (Å²) < 4.78 is 1.87. The van der Waals surface area contributed by atoms with Crippen molar-refractivity contribution < 1.29 is 4.79 Å². The van der Waals surface area contributed by atoms with Crippen molar-refractivity contribution in [2.75, 3.05) is 6.54 Å². The molecule has 4 nitrogen and oxygen atoms in total. The molecule has 2 N–H and O–H groups in total. The Kier molecular flexibility index (Phi) is 3.52. The quantitative estimate of drug-likeness (QED) is 0.841. The van der Waals surface area contributed by atoms with Crippen LogP contribution < -0.4 is 5.73 Å². The van der Waals surface area contributed by atoms with Gasteiger partial charge in [0.05, 0.1) is 0 Å². The van der Waals surface area contributed by atoms with Crippen molar-refractivity contribution in [2.24, 2.45) is 12.8 Å². The summed E-state index contributed by atoms with van der Waals surface area (Å²) in [6.07, 6.45) is 5.17. The third-order valence-electron chi connectivity index (χ3n) is 3.58. The van der Waals surface area contributed by atoms with Crippen molar-refractivity contribution >= 4 is 5.91 Å². The minimum absolute atomic E-state index is 0.0412. The van der Waals surface area contributed by atoms with E-state index in [0.29, 0.717) is 0 Å². The second kappa shape index (κ2) is 4.92. The van der Waals surface area contributed by atoms with Gasteiger partial charge in [-0.25, -0.2) is 0 Å². The molecule has 2 atom stereocenters. The molecular formula is C13H21N3O. The zero-order valence-electron chi connectivity index (χ0n) is 10.6. The second-order valence-corrected chi connectivity index (χ2v) is 4.93. The van der Waals surface area contributed by atoms with Crippen LogP contribution in [-0.4, -0.2) is 34.0 Å². The SMILES string of the molecule is C[C@@H](N)[C@H]1CCCCN1C(=O)c1cccn1C. The van der Waals surface area contributed by atoms with Gasteiger partial charge in [0.15, 0.2) is 0 Å². The molecule has 0 saturated carbocycles. The van der Waals surface area contributed by atoms with Gasteiger partial charge in [-0.3, -0.25) is 4.79 Å². The van der Waals surface area contributed by atoms with E-state index in [2.05, 4.69) is 0 Å². The fourth-order valence-corrected chi connectivity index (χ4v) is 2.59. The van der Waals surface area contributed by atoms with Crippen LogP contribution >= 0.6 is 0 Å². The fraction of sp³-hybridized carbons (Fsp3) is 0.615. The van der Waals surface area contributed by atoms with E-state index in [4.69, 9.17) is 5.73 Å². The molecule has 2 rings (SSSR count). The average molecular weight is 235 g/mol. The predicted molar refractivity (Wildman–Crippen MR) is 67.7 cm³/mol. The summed E-state index contributed by atoms with van der Waals surface area (Å²) in [7, 11) is 1.90. The fourth-order valence-electron chi connectivity index (χ4n) is 2.59. The lowest BCUT2D eigenvalue weighted by atomic mass is 9.96. The first-order valence-corrected chi connectivity index (χ1v) is 6.29. The molecule has 1 aromatic rings. The largest absolute Gasteiger partial charge is 0.347 e. The lowest BCUT2D eigenvalue weighted by Gasteiger charge is -2.38. The van der Waals surface area contributed by atoms with E-state index in [9.17, 15) is 4.79 Å². The highest BCUT2D eigenvalue weighted by Crippen LogP contribution is 2.21. The smallest absolute Gasteiger partial charge is 0.270 e. The summed E-state index contributed by atoms with van der Waals surface area (Å²) in [5.41, 5.74) is 6.73. The number of carbonyl (C=O) groups is 1. The Morgan fingerprint density at radius 2 is 2.29 bits per heavy atom. The van der Waals surface area contributed by atoms with Gasteiger partial charge in [-0.05, 0) is 38.3 Å². The van der Waals surface area contributed by atoms with E-state index in [0.717, 1.165) is 25.1 Å². The normalized spacial score (nSPS) is 22.5. The number of aryl methyl sites for hydroxylation is 1. The number of nitrogens with two attached hydrogens (primary N) is 1. The predicted octanol–water partition coefficient (Wildman–Crippen LogP) is 1.37. The van der Waals surface area contributed by atoms with Crippen LogP contribution in [0.25, 0.3) is 0 Å². The van der Waals surface area contributed by atoms with Gasteiger partial charge in [-0.15, -0.1) is 0 Å². The number of nitrogens with zero attached hydrogens (tertiary/aromatic N) is 2. The van der Waals surface area contributed by atoms with Gasteiger partial charge in [-0.2, -0.15) is 0 Å². The van der Waals surface area contributed by atoms with Gasteiger partial charge in [0.2, 0.25) is 0 Å². The van der Waals surface area contributed by atoms with Crippen LogP contribution in [0.3, 0.4) is 0 Å². The van der Waals surface area contributed by atoms with Gasteiger partial charge >= 0.3 is 0 Å². The molecule has 1 saturated heterocycles. The van der Waals surface area contributed by atoms with Crippen LogP contribution in [0.15, 0.2) is 18.3 Å². The number of carbonyl (C=O) groups excluding carboxylic acids is 1. The molecular weight excluding hydrogens is 214 g/mol. The average Bonchev–Trinajstić information content (AvgIpc) is 2.74. The Balaban J connectivity index is 2.20. The number of likely N-dealkylation sites (tertiary alicyclic amines) is 1. The Hall–Kier alpha value is -1.29. The minimum atomic E-state index is 0.0412.